The minimum Gasteiger partial charge on any atom is -0.481 e. The molecule has 0 fully saturated rings. The van der Waals surface area contributed by atoms with E-state index in [1.165, 1.54) is 0 Å². The molecule has 0 saturated heterocycles. The highest BCUT2D eigenvalue weighted by Gasteiger charge is 2.57. The lowest BCUT2D eigenvalue weighted by Gasteiger charge is -2.42. The number of ether oxygens (including phenoxy) is 1. The number of carboxylic acids is 1. The van der Waals surface area contributed by atoms with Crippen LogP contribution < -0.4 is 0 Å². The van der Waals surface area contributed by atoms with Crippen molar-refractivity contribution >= 4 is 20.7 Å². The van der Waals surface area contributed by atoms with Gasteiger partial charge in [-0.3, -0.25) is 9.59 Å². The van der Waals surface area contributed by atoms with Gasteiger partial charge in [0.25, 0.3) is 0 Å². The Morgan fingerprint density at radius 2 is 1.52 bits per heavy atom. The third-order valence-electron chi connectivity index (χ3n) is 3.95. The molecule has 7 nitrogen and oxygen atoms in total. The topological polar surface area (TPSA) is 91.3 Å². The zero-order valence-corrected chi connectivity index (χ0v) is 14.4. The van der Waals surface area contributed by atoms with Gasteiger partial charge in [-0.05, 0) is 19.3 Å². The van der Waals surface area contributed by atoms with Gasteiger partial charge >= 0.3 is 20.7 Å². The van der Waals surface area contributed by atoms with E-state index in [1.54, 1.807) is 21.3 Å². The monoisotopic (exact) mass is 322 g/mol. The quantitative estimate of drug-likeness (QED) is 0.352. The third kappa shape index (κ3) is 4.77. The molecule has 0 bridgehead atoms. The normalized spacial score (nSPS) is 12.2. The Labute approximate surface area is 126 Å². The van der Waals surface area contributed by atoms with E-state index in [2.05, 4.69) is 0 Å². The van der Waals surface area contributed by atoms with Crippen LogP contribution in [0, 0.1) is 0 Å². The van der Waals surface area contributed by atoms with Crippen LogP contribution in [0.2, 0.25) is 5.04 Å². The predicted molar refractivity (Wildman–Crippen MR) is 77.9 cm³/mol. The highest BCUT2D eigenvalue weighted by atomic mass is 28.4. The van der Waals surface area contributed by atoms with Crippen molar-refractivity contribution < 1.29 is 32.7 Å². The van der Waals surface area contributed by atoms with E-state index in [0.717, 1.165) is 12.8 Å². The van der Waals surface area contributed by atoms with Crippen LogP contribution in [-0.4, -0.2) is 53.8 Å². The van der Waals surface area contributed by atoms with Crippen molar-refractivity contribution in [3.63, 3.8) is 0 Å². The molecule has 0 aromatic rings. The first-order chi connectivity index (χ1) is 9.86. The van der Waals surface area contributed by atoms with Crippen LogP contribution in [0.5, 0.6) is 0 Å². The number of carbonyl (C=O) groups is 2. The first-order valence-corrected chi connectivity index (χ1v) is 8.62. The van der Waals surface area contributed by atoms with Crippen molar-refractivity contribution in [3.8, 4) is 0 Å². The summed E-state index contributed by atoms with van der Waals surface area (Å²) >= 11 is 0. The average molecular weight is 322 g/mol. The van der Waals surface area contributed by atoms with E-state index in [1.807, 2.05) is 13.8 Å². The second-order valence-electron chi connectivity index (χ2n) is 4.70. The molecule has 124 valence electrons. The smallest absolute Gasteiger partial charge is 0.481 e. The summed E-state index contributed by atoms with van der Waals surface area (Å²) in [4.78, 5) is 21.7. The molecule has 0 aliphatic carbocycles. The molecule has 8 heteroatoms. The Hall–Kier alpha value is -0.963. The molecular formula is C13H26O7Si. The Morgan fingerprint density at radius 1 is 1.05 bits per heavy atom. The zero-order valence-electron chi connectivity index (χ0n) is 13.4. The van der Waals surface area contributed by atoms with E-state index < -0.39 is 27.2 Å². The van der Waals surface area contributed by atoms with E-state index in [0.29, 0.717) is 6.42 Å². The van der Waals surface area contributed by atoms with E-state index >= 15 is 0 Å². The molecule has 0 unspecified atom stereocenters. The number of esters is 1. The summed E-state index contributed by atoms with van der Waals surface area (Å²) in [5.74, 6) is -1.95. The van der Waals surface area contributed by atoms with Crippen LogP contribution in [0.25, 0.3) is 0 Å². The summed E-state index contributed by atoms with van der Waals surface area (Å²) in [6, 6.07) is 0. The Kier molecular flexibility index (Phi) is 8.72. The van der Waals surface area contributed by atoms with Crippen molar-refractivity contribution in [2.75, 3.05) is 27.9 Å². The Bertz CT molecular complexity index is 329. The summed E-state index contributed by atoms with van der Waals surface area (Å²) in [6.45, 7) is 4.11. The largest absolute Gasteiger partial charge is 0.506 e. The lowest BCUT2D eigenvalue weighted by molar-refractivity contribution is -0.151. The van der Waals surface area contributed by atoms with E-state index in [-0.39, 0.29) is 11.6 Å². The maximum Gasteiger partial charge on any atom is 0.506 e. The molecule has 0 spiro atoms. The molecule has 0 aliphatic heterocycles. The maximum atomic E-state index is 11.3. The molecule has 0 aliphatic rings. The van der Waals surface area contributed by atoms with Gasteiger partial charge in [-0.25, -0.2) is 0 Å². The Balaban J connectivity index is 4.89. The van der Waals surface area contributed by atoms with Crippen LogP contribution in [0.15, 0.2) is 0 Å². The highest BCUT2D eigenvalue weighted by Crippen LogP contribution is 2.48. The average Bonchev–Trinajstić information content (AvgIpc) is 2.46. The van der Waals surface area contributed by atoms with Crippen LogP contribution in [0.1, 0.15) is 39.5 Å². The molecule has 0 saturated carbocycles. The molecule has 0 atom stereocenters. The first-order valence-electron chi connectivity index (χ1n) is 6.89. The van der Waals surface area contributed by atoms with Gasteiger partial charge in [-0.15, -0.1) is 0 Å². The lowest BCUT2D eigenvalue weighted by atomic mass is 9.98. The van der Waals surface area contributed by atoms with Gasteiger partial charge in [0, 0.05) is 26.4 Å². The molecule has 21 heavy (non-hydrogen) atoms. The molecule has 0 amide bonds. The molecule has 1 N–H and O–H groups in total. The van der Waals surface area contributed by atoms with Crippen molar-refractivity contribution in [2.24, 2.45) is 0 Å². The standard InChI is InChI=1S/C13H26O7Si/c1-6-13(7-2,21(17-3,18-4)19-5)8-9-20-12(16)10-11(14)15/h6-10H2,1-5H3,(H,14,15). The molecule has 0 aromatic carbocycles. The summed E-state index contributed by atoms with van der Waals surface area (Å²) in [5, 5.41) is 8.14. The SMILES string of the molecule is CCC(CC)(CCOC(=O)CC(=O)O)[Si](OC)(OC)OC. The van der Waals surface area contributed by atoms with E-state index in [9.17, 15) is 9.59 Å². The van der Waals surface area contributed by atoms with E-state index in [4.69, 9.17) is 23.1 Å². The predicted octanol–water partition coefficient (Wildman–Crippen LogP) is 1.83. The van der Waals surface area contributed by atoms with Gasteiger partial charge in [-0.2, -0.15) is 0 Å². The van der Waals surface area contributed by atoms with Gasteiger partial charge in [0.05, 0.1) is 6.61 Å². The fraction of sp³-hybridized carbons (Fsp3) is 0.846. The van der Waals surface area contributed by atoms with Crippen molar-refractivity contribution in [3.05, 3.63) is 0 Å². The summed E-state index contributed by atoms with van der Waals surface area (Å²) in [6.07, 6.45) is 1.34. The highest BCUT2D eigenvalue weighted by molar-refractivity contribution is 6.64. The molecule has 0 aromatic heterocycles. The number of rotatable bonds is 11. The number of carboxylic acid groups (broad SMARTS) is 1. The molecule has 0 heterocycles. The molecule has 0 rings (SSSR count). The summed E-state index contributed by atoms with van der Waals surface area (Å²) in [5.41, 5.74) is 0. The minimum absolute atomic E-state index is 0.110. The van der Waals surface area contributed by atoms with Crippen LogP contribution in [0.4, 0.5) is 0 Å². The van der Waals surface area contributed by atoms with Gasteiger partial charge in [0.15, 0.2) is 0 Å². The fourth-order valence-electron chi connectivity index (χ4n) is 2.62. The number of hydrogen-bond donors (Lipinski definition) is 1. The third-order valence-corrected chi connectivity index (χ3v) is 7.82. The van der Waals surface area contributed by atoms with Crippen molar-refractivity contribution in [2.45, 2.75) is 44.6 Å². The molecular weight excluding hydrogens is 296 g/mol. The Morgan fingerprint density at radius 3 is 1.86 bits per heavy atom. The fourth-order valence-corrected chi connectivity index (χ4v) is 5.70. The number of hydrogen-bond acceptors (Lipinski definition) is 6. The second kappa shape index (κ2) is 9.14. The minimum atomic E-state index is -2.91. The van der Waals surface area contributed by atoms with Gasteiger partial charge < -0.3 is 23.1 Å². The molecule has 0 radical (unpaired) electrons. The van der Waals surface area contributed by atoms with Gasteiger partial charge in [0.2, 0.25) is 0 Å². The summed E-state index contributed by atoms with van der Waals surface area (Å²) in [7, 11) is 1.75. The van der Waals surface area contributed by atoms with Crippen LogP contribution >= 0.6 is 0 Å². The first kappa shape index (κ1) is 20.0. The van der Waals surface area contributed by atoms with Gasteiger partial charge in [-0.1, -0.05) is 13.8 Å². The number of carbonyl (C=O) groups excluding carboxylic acids is 1. The second-order valence-corrected chi connectivity index (χ2v) is 8.09. The van der Waals surface area contributed by atoms with Crippen LogP contribution in [-0.2, 0) is 27.6 Å². The van der Waals surface area contributed by atoms with Crippen LogP contribution in [0.3, 0.4) is 0 Å². The number of aliphatic carboxylic acids is 1. The lowest BCUT2D eigenvalue weighted by Crippen LogP contribution is -2.54. The van der Waals surface area contributed by atoms with Gasteiger partial charge in [0.1, 0.15) is 6.42 Å². The maximum absolute atomic E-state index is 11.3. The zero-order chi connectivity index (χ0) is 16.5. The van der Waals surface area contributed by atoms with Crippen molar-refractivity contribution in [1.29, 1.82) is 0 Å². The van der Waals surface area contributed by atoms with Crippen molar-refractivity contribution in [1.82, 2.24) is 0 Å². The summed E-state index contributed by atoms with van der Waals surface area (Å²) < 4.78 is 21.7.